The maximum Gasteiger partial charge on any atom is 0.418 e. The van der Waals surface area contributed by atoms with E-state index in [-0.39, 0.29) is 45.8 Å². The van der Waals surface area contributed by atoms with E-state index >= 15 is 0 Å². The number of carbonyl (C=O) groups is 1. The first kappa shape index (κ1) is 22.1. The zero-order chi connectivity index (χ0) is 19.8. The van der Waals surface area contributed by atoms with Gasteiger partial charge in [0, 0.05) is 39.6 Å². The average molecular weight is 455 g/mol. The number of fused-ring (bicyclic) bond motifs is 1. The molecule has 0 fully saturated rings. The summed E-state index contributed by atoms with van der Waals surface area (Å²) in [5, 5.41) is 6.97. The van der Waals surface area contributed by atoms with Crippen molar-refractivity contribution >= 4 is 39.9 Å². The minimum Gasteiger partial charge on any atom is -0.654 e. The molecule has 10 heteroatoms. The molecule has 3 aromatic rings. The van der Waals surface area contributed by atoms with E-state index in [1.165, 1.54) is 26.2 Å². The van der Waals surface area contributed by atoms with Crippen molar-refractivity contribution in [2.75, 3.05) is 12.4 Å². The van der Waals surface area contributed by atoms with Crippen molar-refractivity contribution in [2.45, 2.75) is 19.6 Å². The predicted octanol–water partition coefficient (Wildman–Crippen LogP) is 5.29. The molecule has 0 aliphatic carbocycles. The first-order valence-electron chi connectivity index (χ1n) is 7.91. The number of hydrogen-bond donors (Lipinski definition) is 1. The van der Waals surface area contributed by atoms with Gasteiger partial charge in [0.05, 0.1) is 29.2 Å². The third-order valence-corrected chi connectivity index (χ3v) is 4.32. The Balaban J connectivity index is 0.00000280. The first-order chi connectivity index (χ1) is 12.7. The zero-order valence-corrected chi connectivity index (χ0v) is 16.6. The molecule has 0 aliphatic rings. The number of carbonyl (C=O) groups excluding carboxylic acids is 1. The standard InChI is InChI=1S/C18H16ClF3N4O.Co/c1-10-7-11(19)8-13(18(20,21)22)16(10)25-17-12-4-6-26(9-15(27)23-2)14(12)3-5-24-17;/h3-8H,9H2,1-2H3,(H2,23,24,25,27);/p-1. The van der Waals surface area contributed by atoms with Crippen molar-refractivity contribution < 1.29 is 34.7 Å². The number of hydrogen-bond acceptors (Lipinski definition) is 3. The topological polar surface area (TPSA) is 61.0 Å². The Labute approximate surface area is 174 Å². The molecule has 2 heterocycles. The molecule has 28 heavy (non-hydrogen) atoms. The van der Waals surface area contributed by atoms with Crippen LogP contribution in [0.3, 0.4) is 0 Å². The van der Waals surface area contributed by atoms with Crippen LogP contribution in [-0.2, 0) is 34.3 Å². The number of amides is 1. The summed E-state index contributed by atoms with van der Waals surface area (Å²) in [6.45, 7) is 1.58. The van der Waals surface area contributed by atoms with Crippen LogP contribution in [-0.4, -0.2) is 22.5 Å². The number of rotatable bonds is 4. The van der Waals surface area contributed by atoms with Gasteiger partial charge in [-0.3, -0.25) is 0 Å². The van der Waals surface area contributed by atoms with Crippen LogP contribution in [0.1, 0.15) is 11.1 Å². The summed E-state index contributed by atoms with van der Waals surface area (Å²) in [4.78, 5) is 15.7. The molecule has 0 unspecified atom stereocenters. The van der Waals surface area contributed by atoms with E-state index in [1.807, 2.05) is 0 Å². The fraction of sp³-hybridized carbons (Fsp3) is 0.222. The van der Waals surface area contributed by atoms with E-state index in [2.05, 4.69) is 15.6 Å². The normalized spacial score (nSPS) is 11.2. The second kappa shape index (κ2) is 8.42. The molecule has 0 spiro atoms. The Morgan fingerprint density at radius 1 is 1.32 bits per heavy atom. The van der Waals surface area contributed by atoms with Crippen LogP contribution in [0.5, 0.6) is 0 Å². The number of halogens is 4. The fourth-order valence-corrected chi connectivity index (χ4v) is 3.10. The first-order valence-corrected chi connectivity index (χ1v) is 8.29. The summed E-state index contributed by atoms with van der Waals surface area (Å²) in [7, 11) is 1.41. The van der Waals surface area contributed by atoms with E-state index in [0.717, 1.165) is 6.07 Å². The SMILES string of the molecule is C[N-]C(=O)Cn1ccc2c(Nc3c(C)cc(Cl)cc3C(F)(F)F)nccc21.[Co]. The van der Waals surface area contributed by atoms with Gasteiger partial charge in [-0.05, 0) is 36.8 Å². The predicted molar refractivity (Wildman–Crippen MR) is 98.5 cm³/mol. The van der Waals surface area contributed by atoms with Gasteiger partial charge >= 0.3 is 6.18 Å². The molecule has 3 rings (SSSR count). The third-order valence-electron chi connectivity index (χ3n) is 4.10. The van der Waals surface area contributed by atoms with Crippen molar-refractivity contribution in [3.8, 4) is 0 Å². The summed E-state index contributed by atoms with van der Waals surface area (Å²) in [6.07, 6.45) is -1.44. The van der Waals surface area contributed by atoms with E-state index in [0.29, 0.717) is 16.5 Å². The van der Waals surface area contributed by atoms with E-state index in [4.69, 9.17) is 11.6 Å². The summed E-state index contributed by atoms with van der Waals surface area (Å²) in [5.41, 5.74) is 0.0164. The van der Waals surface area contributed by atoms with Crippen LogP contribution in [0.2, 0.25) is 5.02 Å². The Bertz CT molecular complexity index is 1020. The van der Waals surface area contributed by atoms with Gasteiger partial charge in [-0.25, -0.2) is 4.98 Å². The molecule has 1 amide bonds. The number of anilines is 2. The molecule has 0 atom stereocenters. The molecule has 0 saturated carbocycles. The molecule has 5 nitrogen and oxygen atoms in total. The second-order valence-electron chi connectivity index (χ2n) is 5.92. The van der Waals surface area contributed by atoms with E-state index < -0.39 is 11.7 Å². The summed E-state index contributed by atoms with van der Waals surface area (Å²) in [5.74, 6) is -0.0604. The van der Waals surface area contributed by atoms with Gasteiger partial charge in [0.15, 0.2) is 0 Å². The number of alkyl halides is 3. The minimum absolute atomic E-state index is 0. The van der Waals surface area contributed by atoms with Crippen LogP contribution in [0.4, 0.5) is 24.7 Å². The van der Waals surface area contributed by atoms with E-state index in [9.17, 15) is 18.0 Å². The van der Waals surface area contributed by atoms with Crippen LogP contribution >= 0.6 is 11.6 Å². The van der Waals surface area contributed by atoms with Crippen molar-refractivity contribution in [2.24, 2.45) is 0 Å². The largest absolute Gasteiger partial charge is 0.654 e. The Morgan fingerprint density at radius 3 is 2.68 bits per heavy atom. The monoisotopic (exact) mass is 454 g/mol. The number of benzene rings is 1. The van der Waals surface area contributed by atoms with Crippen LogP contribution in [0, 0.1) is 6.92 Å². The van der Waals surface area contributed by atoms with Gasteiger partial charge in [-0.15, -0.1) is 7.05 Å². The van der Waals surface area contributed by atoms with E-state index in [1.54, 1.807) is 22.9 Å². The Morgan fingerprint density at radius 2 is 2.04 bits per heavy atom. The third kappa shape index (κ3) is 4.42. The minimum atomic E-state index is -4.58. The number of pyridine rings is 1. The summed E-state index contributed by atoms with van der Waals surface area (Å²) >= 11 is 5.80. The number of aryl methyl sites for hydroxylation is 1. The summed E-state index contributed by atoms with van der Waals surface area (Å²) < 4.78 is 42.0. The second-order valence-corrected chi connectivity index (χ2v) is 6.36. The van der Waals surface area contributed by atoms with Gasteiger partial charge in [0.2, 0.25) is 0 Å². The number of aromatic nitrogens is 2. The van der Waals surface area contributed by atoms with Crippen molar-refractivity contribution in [1.82, 2.24) is 9.55 Å². The van der Waals surface area contributed by atoms with Gasteiger partial charge in [-0.1, -0.05) is 11.6 Å². The van der Waals surface area contributed by atoms with Crippen molar-refractivity contribution in [3.63, 3.8) is 0 Å². The molecular formula is C18H15ClCoF3N4O-. The van der Waals surface area contributed by atoms with Gasteiger partial charge < -0.3 is 20.0 Å². The maximum atomic E-state index is 13.4. The molecule has 0 bridgehead atoms. The summed E-state index contributed by atoms with van der Waals surface area (Å²) in [6, 6.07) is 5.70. The van der Waals surface area contributed by atoms with Gasteiger partial charge in [-0.2, -0.15) is 13.2 Å². The number of likely N-dealkylation sites (N-methyl/N-ethyl adjacent to an activating group) is 1. The molecule has 1 N–H and O–H groups in total. The molecule has 0 saturated heterocycles. The smallest absolute Gasteiger partial charge is 0.418 e. The molecule has 1 aromatic carbocycles. The van der Waals surface area contributed by atoms with Crippen LogP contribution in [0.15, 0.2) is 36.7 Å². The van der Waals surface area contributed by atoms with Crippen molar-refractivity contribution in [3.05, 3.63) is 58.1 Å². The average Bonchev–Trinajstić information content (AvgIpc) is 3.00. The quantitative estimate of drug-likeness (QED) is 0.583. The maximum absolute atomic E-state index is 13.4. The molecular weight excluding hydrogens is 440 g/mol. The van der Waals surface area contributed by atoms with Crippen LogP contribution < -0.4 is 5.32 Å². The van der Waals surface area contributed by atoms with Gasteiger partial charge in [0.1, 0.15) is 5.82 Å². The Hall–Kier alpha value is -2.23. The van der Waals surface area contributed by atoms with Crippen LogP contribution in [0.25, 0.3) is 16.2 Å². The molecule has 1 radical (unpaired) electrons. The molecule has 151 valence electrons. The Kier molecular flexibility index (Phi) is 6.63. The zero-order valence-electron chi connectivity index (χ0n) is 14.8. The van der Waals surface area contributed by atoms with Crippen molar-refractivity contribution in [1.29, 1.82) is 0 Å². The molecule has 0 aliphatic heterocycles. The number of nitrogens with zero attached hydrogens (tertiary/aromatic N) is 3. The van der Waals surface area contributed by atoms with Gasteiger partial charge in [0.25, 0.3) is 0 Å². The molecule has 2 aromatic heterocycles. The number of nitrogens with one attached hydrogen (secondary N) is 1. The fourth-order valence-electron chi connectivity index (χ4n) is 2.83.